The number of carbonyl (C=O) groups excluding carboxylic acids is 1. The van der Waals surface area contributed by atoms with E-state index < -0.39 is 0 Å². The number of fused-ring (bicyclic) bond motifs is 1. The Balaban J connectivity index is 1.86. The highest BCUT2D eigenvalue weighted by Gasteiger charge is 2.18. The molecule has 0 spiro atoms. The number of pyridine rings is 2. The molecule has 7 nitrogen and oxygen atoms in total. The number of hydrogen-bond acceptors (Lipinski definition) is 5. The fraction of sp³-hybridized carbons (Fsp3) is 0.500. The summed E-state index contributed by atoms with van der Waals surface area (Å²) in [6.07, 6.45) is 3.76. The Bertz CT molecular complexity index is 825. The van der Waals surface area contributed by atoms with Gasteiger partial charge in [0.05, 0.1) is 34.9 Å². The van der Waals surface area contributed by atoms with Crippen molar-refractivity contribution < 1.29 is 14.3 Å². The Morgan fingerprint density at radius 1 is 1.52 bits per heavy atom. The van der Waals surface area contributed by atoms with Crippen molar-refractivity contribution >= 4 is 16.8 Å². The molecule has 2 aromatic rings. The first-order valence-corrected chi connectivity index (χ1v) is 8.49. The summed E-state index contributed by atoms with van der Waals surface area (Å²) in [5.74, 6) is -0.228. The van der Waals surface area contributed by atoms with Crippen molar-refractivity contribution in [3.8, 4) is 0 Å². The van der Waals surface area contributed by atoms with Crippen LogP contribution in [0.4, 0.5) is 0 Å². The maximum absolute atomic E-state index is 12.6. The van der Waals surface area contributed by atoms with Crippen LogP contribution in [0.2, 0.25) is 0 Å². The predicted molar refractivity (Wildman–Crippen MR) is 93.9 cm³/mol. The van der Waals surface area contributed by atoms with Gasteiger partial charge in [-0.15, -0.1) is 0 Å². The third-order valence-electron chi connectivity index (χ3n) is 4.44. The van der Waals surface area contributed by atoms with Crippen LogP contribution in [0.1, 0.15) is 28.9 Å². The van der Waals surface area contributed by atoms with E-state index in [0.717, 1.165) is 19.4 Å². The molecule has 2 aromatic heterocycles. The van der Waals surface area contributed by atoms with E-state index in [0.29, 0.717) is 41.9 Å². The van der Waals surface area contributed by atoms with Crippen molar-refractivity contribution in [1.29, 1.82) is 0 Å². The van der Waals surface area contributed by atoms with Crippen molar-refractivity contribution in [2.75, 3.05) is 26.9 Å². The molecule has 0 bridgehead atoms. The molecule has 0 radical (unpaired) electrons. The number of methoxy groups -OCH3 is 1. The molecule has 0 unspecified atom stereocenters. The zero-order valence-electron chi connectivity index (χ0n) is 14.6. The third-order valence-corrected chi connectivity index (χ3v) is 4.44. The normalized spacial score (nSPS) is 17.1. The molecule has 1 N–H and O–H groups in total. The molecule has 3 rings (SSSR count). The number of carbonyl (C=O) groups is 1. The van der Waals surface area contributed by atoms with Crippen LogP contribution in [0.3, 0.4) is 0 Å². The molecule has 0 aliphatic carbocycles. The molecule has 1 aliphatic rings. The first kappa shape index (κ1) is 17.6. The Kier molecular flexibility index (Phi) is 5.45. The molecular formula is C18H23N3O4. The Morgan fingerprint density at radius 3 is 3.08 bits per heavy atom. The lowest BCUT2D eigenvalue weighted by atomic mass is 10.1. The van der Waals surface area contributed by atoms with E-state index in [9.17, 15) is 9.59 Å². The van der Waals surface area contributed by atoms with Crippen LogP contribution in [0, 0.1) is 6.92 Å². The Labute approximate surface area is 146 Å². The van der Waals surface area contributed by atoms with E-state index >= 15 is 0 Å². The first-order chi connectivity index (χ1) is 12.1. The average Bonchev–Trinajstić information content (AvgIpc) is 3.12. The Hall–Kier alpha value is -2.25. The standard InChI is InChI=1S/C18H23N3O4/c1-12-14(17(22)19-11-13-4-3-8-25-13)10-15-16(20-12)5-6-21(18(15)23)7-9-24-2/h5-6,10,13H,3-4,7-9,11H2,1-2H3,(H,19,22)/t13-/m0/s1. The van der Waals surface area contributed by atoms with Gasteiger partial charge in [-0.05, 0) is 31.9 Å². The second-order valence-electron chi connectivity index (χ2n) is 6.21. The van der Waals surface area contributed by atoms with Crippen molar-refractivity contribution in [1.82, 2.24) is 14.9 Å². The second-order valence-corrected chi connectivity index (χ2v) is 6.21. The maximum Gasteiger partial charge on any atom is 0.260 e. The van der Waals surface area contributed by atoms with Gasteiger partial charge in [0, 0.05) is 33.0 Å². The van der Waals surface area contributed by atoms with E-state index in [4.69, 9.17) is 9.47 Å². The van der Waals surface area contributed by atoms with Gasteiger partial charge in [-0.3, -0.25) is 14.6 Å². The number of rotatable bonds is 6. The predicted octanol–water partition coefficient (Wildman–Crippen LogP) is 1.26. The molecule has 0 aromatic carbocycles. The van der Waals surface area contributed by atoms with Crippen molar-refractivity contribution in [3.05, 3.63) is 39.9 Å². The van der Waals surface area contributed by atoms with E-state index in [1.165, 1.54) is 0 Å². The summed E-state index contributed by atoms with van der Waals surface area (Å²) in [6.45, 7) is 3.90. The van der Waals surface area contributed by atoms with Crippen LogP contribution in [0.25, 0.3) is 10.9 Å². The average molecular weight is 345 g/mol. The highest BCUT2D eigenvalue weighted by atomic mass is 16.5. The van der Waals surface area contributed by atoms with Gasteiger partial charge in [-0.25, -0.2) is 0 Å². The summed E-state index contributed by atoms with van der Waals surface area (Å²) in [5.41, 5.74) is 1.44. The molecule has 134 valence electrons. The minimum Gasteiger partial charge on any atom is -0.383 e. The number of aryl methyl sites for hydroxylation is 1. The van der Waals surface area contributed by atoms with Crippen LogP contribution in [-0.4, -0.2) is 48.4 Å². The van der Waals surface area contributed by atoms with Gasteiger partial charge in [0.1, 0.15) is 0 Å². The highest BCUT2D eigenvalue weighted by molar-refractivity contribution is 5.98. The number of nitrogens with zero attached hydrogens (tertiary/aromatic N) is 2. The monoisotopic (exact) mass is 345 g/mol. The molecular weight excluding hydrogens is 322 g/mol. The number of ether oxygens (including phenoxy) is 2. The van der Waals surface area contributed by atoms with Gasteiger partial charge in [-0.1, -0.05) is 0 Å². The van der Waals surface area contributed by atoms with Crippen LogP contribution in [-0.2, 0) is 16.0 Å². The summed E-state index contributed by atoms with van der Waals surface area (Å²) in [6, 6.07) is 3.42. The SMILES string of the molecule is COCCn1ccc2nc(C)c(C(=O)NC[C@@H]3CCCO3)cc2c1=O. The third kappa shape index (κ3) is 3.88. The fourth-order valence-electron chi connectivity index (χ4n) is 3.01. The molecule has 1 atom stereocenters. The second kappa shape index (κ2) is 7.76. The largest absolute Gasteiger partial charge is 0.383 e. The Morgan fingerprint density at radius 2 is 2.36 bits per heavy atom. The topological polar surface area (TPSA) is 82.5 Å². The lowest BCUT2D eigenvalue weighted by molar-refractivity contribution is 0.0857. The fourth-order valence-corrected chi connectivity index (χ4v) is 3.01. The van der Waals surface area contributed by atoms with Crippen LogP contribution in [0.5, 0.6) is 0 Å². The zero-order chi connectivity index (χ0) is 17.8. The molecule has 1 amide bonds. The lowest BCUT2D eigenvalue weighted by Crippen LogP contribution is -2.32. The van der Waals surface area contributed by atoms with Gasteiger partial charge in [-0.2, -0.15) is 0 Å². The summed E-state index contributed by atoms with van der Waals surface area (Å²) in [4.78, 5) is 29.5. The van der Waals surface area contributed by atoms with Crippen LogP contribution >= 0.6 is 0 Å². The minimum atomic E-state index is -0.228. The van der Waals surface area contributed by atoms with E-state index in [1.807, 2.05) is 0 Å². The summed E-state index contributed by atoms with van der Waals surface area (Å²) >= 11 is 0. The molecule has 25 heavy (non-hydrogen) atoms. The van der Waals surface area contributed by atoms with Gasteiger partial charge >= 0.3 is 0 Å². The van der Waals surface area contributed by atoms with Gasteiger partial charge in [0.25, 0.3) is 11.5 Å². The van der Waals surface area contributed by atoms with Gasteiger partial charge in [0.2, 0.25) is 0 Å². The van der Waals surface area contributed by atoms with Crippen molar-refractivity contribution in [3.63, 3.8) is 0 Å². The van der Waals surface area contributed by atoms with Crippen LogP contribution < -0.4 is 10.9 Å². The van der Waals surface area contributed by atoms with Gasteiger partial charge in [0.15, 0.2) is 0 Å². The minimum absolute atomic E-state index is 0.0731. The number of hydrogen-bond donors (Lipinski definition) is 1. The first-order valence-electron chi connectivity index (χ1n) is 8.49. The lowest BCUT2D eigenvalue weighted by Gasteiger charge is -2.13. The quantitative estimate of drug-likeness (QED) is 0.852. The van der Waals surface area contributed by atoms with Gasteiger partial charge < -0.3 is 19.4 Å². The molecule has 3 heterocycles. The summed E-state index contributed by atoms with van der Waals surface area (Å²) in [7, 11) is 1.59. The molecule has 0 saturated carbocycles. The highest BCUT2D eigenvalue weighted by Crippen LogP contribution is 2.15. The molecule has 7 heteroatoms. The molecule has 1 saturated heterocycles. The summed E-state index contributed by atoms with van der Waals surface area (Å²) in [5, 5.41) is 3.32. The van der Waals surface area contributed by atoms with Crippen LogP contribution in [0.15, 0.2) is 23.1 Å². The van der Waals surface area contributed by atoms with Crippen molar-refractivity contribution in [2.24, 2.45) is 0 Å². The molecule has 1 fully saturated rings. The van der Waals surface area contributed by atoms with E-state index in [2.05, 4.69) is 10.3 Å². The smallest absolute Gasteiger partial charge is 0.260 e. The number of aromatic nitrogens is 2. The maximum atomic E-state index is 12.6. The molecule has 1 aliphatic heterocycles. The zero-order valence-corrected chi connectivity index (χ0v) is 14.6. The summed E-state index contributed by atoms with van der Waals surface area (Å²) < 4.78 is 12.1. The number of amides is 1. The number of nitrogens with one attached hydrogen (secondary N) is 1. The van der Waals surface area contributed by atoms with Crippen molar-refractivity contribution in [2.45, 2.75) is 32.4 Å². The van der Waals surface area contributed by atoms with E-state index in [1.54, 1.807) is 36.9 Å². The van der Waals surface area contributed by atoms with E-state index in [-0.39, 0.29) is 17.6 Å².